The first kappa shape index (κ1) is 16.2. The molecule has 1 N–H and O–H groups in total. The van der Waals surface area contributed by atoms with Crippen LogP contribution in [0.25, 0.3) is 0 Å². The predicted molar refractivity (Wildman–Crippen MR) is 96.2 cm³/mol. The summed E-state index contributed by atoms with van der Waals surface area (Å²) in [6, 6.07) is 9.07. The normalized spacial score (nSPS) is 37.4. The highest BCUT2D eigenvalue weighted by atomic mass is 16.4. The van der Waals surface area contributed by atoms with Crippen LogP contribution in [0.15, 0.2) is 24.3 Å². The summed E-state index contributed by atoms with van der Waals surface area (Å²) in [6.07, 6.45) is 10.5. The van der Waals surface area contributed by atoms with Gasteiger partial charge >= 0.3 is 5.97 Å². The van der Waals surface area contributed by atoms with E-state index >= 15 is 0 Å². The zero-order valence-corrected chi connectivity index (χ0v) is 14.8. The first-order chi connectivity index (χ1) is 11.6. The minimum Gasteiger partial charge on any atom is -0.481 e. The highest BCUT2D eigenvalue weighted by molar-refractivity contribution is 5.66. The second-order valence-corrected chi connectivity index (χ2v) is 8.81. The third-order valence-electron chi connectivity index (χ3n) is 7.55. The van der Waals surface area contributed by atoms with Crippen LogP contribution in [0.3, 0.4) is 0 Å². The van der Waals surface area contributed by atoms with E-state index in [1.807, 2.05) is 0 Å². The number of hydrogen-bond acceptors (Lipinski definition) is 1. The molecule has 5 atom stereocenters. The summed E-state index contributed by atoms with van der Waals surface area (Å²) in [4.78, 5) is 10.9. The minimum atomic E-state index is -0.655. The third-order valence-corrected chi connectivity index (χ3v) is 7.55. The molecule has 2 saturated carbocycles. The van der Waals surface area contributed by atoms with Crippen LogP contribution in [0.1, 0.15) is 87.7 Å². The highest BCUT2D eigenvalue weighted by Crippen LogP contribution is 2.62. The second kappa shape index (κ2) is 6.20. The van der Waals surface area contributed by atoms with Crippen LogP contribution in [0.5, 0.6) is 0 Å². The van der Waals surface area contributed by atoms with Gasteiger partial charge < -0.3 is 5.11 Å². The summed E-state index contributed by atoms with van der Waals surface area (Å²) in [7, 11) is 0. The fraction of sp³-hybridized carbons (Fsp3) is 0.682. The largest absolute Gasteiger partial charge is 0.481 e. The van der Waals surface area contributed by atoms with Crippen molar-refractivity contribution in [1.29, 1.82) is 0 Å². The monoisotopic (exact) mass is 326 g/mol. The number of carboxylic acid groups (broad SMARTS) is 1. The molecule has 2 fully saturated rings. The molecular weight excluding hydrogens is 296 g/mol. The Morgan fingerprint density at radius 3 is 2.79 bits per heavy atom. The Bertz CT molecular complexity index is 622. The van der Waals surface area contributed by atoms with E-state index in [-0.39, 0.29) is 0 Å². The van der Waals surface area contributed by atoms with Gasteiger partial charge in [-0.2, -0.15) is 0 Å². The Hall–Kier alpha value is -1.31. The maximum Gasteiger partial charge on any atom is 0.303 e. The minimum absolute atomic E-state index is 0.313. The number of fused-ring (bicyclic) bond motifs is 5. The molecule has 2 nitrogen and oxygen atoms in total. The Balaban J connectivity index is 1.61. The standard InChI is InChI=1S/C22H30O2/c1-22-12-5-9-20(22)19-14-15(6-4-10-21(23)24)16-7-2-3-8-17(16)18(19)11-13-22/h2-3,7-8,15,18-20H,4-6,9-14H2,1H3,(H,23,24)/t15?,18-,19-,20+,22+/m1/s1. The third kappa shape index (κ3) is 2.68. The Kier molecular flexibility index (Phi) is 4.18. The second-order valence-electron chi connectivity index (χ2n) is 8.81. The molecule has 3 aliphatic carbocycles. The molecule has 4 rings (SSSR count). The molecule has 2 heteroatoms. The molecule has 1 aromatic rings. The number of carbonyl (C=O) groups is 1. The van der Waals surface area contributed by atoms with E-state index in [4.69, 9.17) is 5.11 Å². The van der Waals surface area contributed by atoms with Gasteiger partial charge in [0.2, 0.25) is 0 Å². The van der Waals surface area contributed by atoms with Crippen LogP contribution in [0, 0.1) is 17.3 Å². The molecule has 0 saturated heterocycles. The SMILES string of the molecule is C[C@@]12CCC[C@H]1[C@@H]1CC(CCCC(=O)O)c3ccccc3[C@H]1CC2. The maximum atomic E-state index is 10.9. The molecule has 24 heavy (non-hydrogen) atoms. The van der Waals surface area contributed by atoms with E-state index in [0.717, 1.165) is 30.6 Å². The summed E-state index contributed by atoms with van der Waals surface area (Å²) in [5, 5.41) is 8.98. The zero-order chi connectivity index (χ0) is 16.7. The van der Waals surface area contributed by atoms with Crippen LogP contribution in [0.4, 0.5) is 0 Å². The van der Waals surface area contributed by atoms with Gasteiger partial charge in [0.1, 0.15) is 0 Å². The molecule has 0 radical (unpaired) electrons. The van der Waals surface area contributed by atoms with E-state index in [9.17, 15) is 4.79 Å². The van der Waals surface area contributed by atoms with Gasteiger partial charge in [-0.25, -0.2) is 0 Å². The highest BCUT2D eigenvalue weighted by Gasteiger charge is 2.51. The van der Waals surface area contributed by atoms with E-state index in [1.165, 1.54) is 44.1 Å². The van der Waals surface area contributed by atoms with Crippen molar-refractivity contribution in [3.8, 4) is 0 Å². The molecule has 1 aromatic carbocycles. The lowest BCUT2D eigenvalue weighted by molar-refractivity contribution is -0.137. The zero-order valence-electron chi connectivity index (χ0n) is 14.8. The molecule has 0 amide bonds. The molecule has 0 bridgehead atoms. The van der Waals surface area contributed by atoms with E-state index in [0.29, 0.717) is 17.8 Å². The number of benzene rings is 1. The predicted octanol–water partition coefficient (Wildman–Crippen LogP) is 5.73. The quantitative estimate of drug-likeness (QED) is 0.767. The van der Waals surface area contributed by atoms with Crippen molar-refractivity contribution in [1.82, 2.24) is 0 Å². The summed E-state index contributed by atoms with van der Waals surface area (Å²) in [5.41, 5.74) is 3.72. The van der Waals surface area contributed by atoms with E-state index < -0.39 is 5.97 Å². The van der Waals surface area contributed by atoms with Gasteiger partial charge in [-0.3, -0.25) is 4.79 Å². The number of rotatable bonds is 4. The fourth-order valence-electron chi connectivity index (χ4n) is 6.44. The van der Waals surface area contributed by atoms with Crippen LogP contribution in [0.2, 0.25) is 0 Å². The van der Waals surface area contributed by atoms with Crippen LogP contribution in [-0.4, -0.2) is 11.1 Å². The van der Waals surface area contributed by atoms with Crippen molar-refractivity contribution in [2.24, 2.45) is 17.3 Å². The summed E-state index contributed by atoms with van der Waals surface area (Å²) < 4.78 is 0. The average molecular weight is 326 g/mol. The topological polar surface area (TPSA) is 37.3 Å². The molecule has 1 unspecified atom stereocenters. The maximum absolute atomic E-state index is 10.9. The Morgan fingerprint density at radius 1 is 1.21 bits per heavy atom. The average Bonchev–Trinajstić information content (AvgIpc) is 2.96. The van der Waals surface area contributed by atoms with Gasteiger partial charge in [-0.05, 0) is 85.2 Å². The first-order valence-electron chi connectivity index (χ1n) is 9.89. The van der Waals surface area contributed by atoms with E-state index in [2.05, 4.69) is 31.2 Å². The van der Waals surface area contributed by atoms with Gasteiger partial charge in [-0.1, -0.05) is 37.6 Å². The van der Waals surface area contributed by atoms with Gasteiger partial charge in [0.15, 0.2) is 0 Å². The molecular formula is C22H30O2. The van der Waals surface area contributed by atoms with Gasteiger partial charge in [0.25, 0.3) is 0 Å². The van der Waals surface area contributed by atoms with Crippen LogP contribution < -0.4 is 0 Å². The number of aliphatic carboxylic acids is 1. The van der Waals surface area contributed by atoms with Crippen LogP contribution >= 0.6 is 0 Å². The Morgan fingerprint density at radius 2 is 2.00 bits per heavy atom. The molecule has 3 aliphatic rings. The molecule has 0 spiro atoms. The lowest BCUT2D eigenvalue weighted by Gasteiger charge is -2.51. The molecule has 130 valence electrons. The van der Waals surface area contributed by atoms with Gasteiger partial charge in [-0.15, -0.1) is 0 Å². The number of hydrogen-bond donors (Lipinski definition) is 1. The fourth-order valence-corrected chi connectivity index (χ4v) is 6.44. The summed E-state index contributed by atoms with van der Waals surface area (Å²) in [6.45, 7) is 2.54. The molecule has 0 heterocycles. The molecule has 0 aromatic heterocycles. The number of carboxylic acids is 1. The van der Waals surface area contributed by atoms with E-state index in [1.54, 1.807) is 5.56 Å². The van der Waals surface area contributed by atoms with Crippen molar-refractivity contribution in [2.45, 2.75) is 76.5 Å². The smallest absolute Gasteiger partial charge is 0.303 e. The lowest BCUT2D eigenvalue weighted by atomic mass is 9.54. The lowest BCUT2D eigenvalue weighted by Crippen LogP contribution is -2.40. The summed E-state index contributed by atoms with van der Waals surface area (Å²) >= 11 is 0. The van der Waals surface area contributed by atoms with Crippen molar-refractivity contribution in [2.75, 3.05) is 0 Å². The van der Waals surface area contributed by atoms with Gasteiger partial charge in [0, 0.05) is 6.42 Å². The van der Waals surface area contributed by atoms with Crippen molar-refractivity contribution in [3.63, 3.8) is 0 Å². The van der Waals surface area contributed by atoms with Crippen molar-refractivity contribution < 1.29 is 9.90 Å². The first-order valence-corrected chi connectivity index (χ1v) is 9.89. The Labute approximate surface area is 145 Å². The van der Waals surface area contributed by atoms with Crippen molar-refractivity contribution >= 4 is 5.97 Å². The van der Waals surface area contributed by atoms with Crippen LogP contribution in [-0.2, 0) is 4.79 Å². The van der Waals surface area contributed by atoms with Gasteiger partial charge in [0.05, 0.1) is 0 Å². The molecule has 0 aliphatic heterocycles. The van der Waals surface area contributed by atoms with Crippen molar-refractivity contribution in [3.05, 3.63) is 35.4 Å². The summed E-state index contributed by atoms with van der Waals surface area (Å²) in [5.74, 6) is 2.40.